The molecule has 4 aromatic heterocycles. The second-order valence-electron chi connectivity index (χ2n) is 20.0. The lowest BCUT2D eigenvalue weighted by Gasteiger charge is -2.11. The molecule has 0 saturated heterocycles. The van der Waals surface area contributed by atoms with Crippen LogP contribution in [0.5, 0.6) is 0 Å². The number of rotatable bonds is 7. The number of nitrogens with zero attached hydrogens (tertiary/aromatic N) is 2. The van der Waals surface area contributed by atoms with Gasteiger partial charge in [0.1, 0.15) is 22.3 Å². The summed E-state index contributed by atoms with van der Waals surface area (Å²) in [5, 5.41) is 9.21. The Kier molecular flexibility index (Phi) is 9.30. The van der Waals surface area contributed by atoms with Gasteiger partial charge >= 0.3 is 0 Å². The molecule has 0 aliphatic heterocycles. The molecule has 4 nitrogen and oxygen atoms in total. The van der Waals surface area contributed by atoms with Crippen molar-refractivity contribution in [3.63, 3.8) is 0 Å². The maximum absolute atomic E-state index is 6.77. The van der Waals surface area contributed by atoms with Gasteiger partial charge in [-0.1, -0.05) is 170 Å². The Morgan fingerprint density at radius 1 is 0.211 bits per heavy atom. The van der Waals surface area contributed by atoms with Gasteiger partial charge < -0.3 is 18.0 Å². The smallest absolute Gasteiger partial charge is 0.143 e. The minimum Gasteiger partial charge on any atom is -0.456 e. The first-order valence-electron chi connectivity index (χ1n) is 26.0. The Bertz CT molecular complexity index is 4960. The van der Waals surface area contributed by atoms with Crippen molar-refractivity contribution in [1.82, 2.24) is 9.13 Å². The summed E-state index contributed by atoms with van der Waals surface area (Å²) in [6.07, 6.45) is 0. The third-order valence-corrected chi connectivity index (χ3v) is 15.7. The number of aromatic nitrogens is 2. The lowest BCUT2D eigenvalue weighted by Crippen LogP contribution is -1.94. The van der Waals surface area contributed by atoms with Crippen LogP contribution >= 0.6 is 0 Å². The first kappa shape index (κ1) is 42.4. The van der Waals surface area contributed by atoms with Gasteiger partial charge in [0.15, 0.2) is 0 Å². The standard InChI is InChI=1S/C72H44N2O2/c1-5-17-45(18-6-1)51-39-58(48-23-11-4-12-24-48)72-64(40-51)62-42-53(32-36-70(62)76-72)74-66-28-16-14-26-55(66)60-38-50(30-34-68(60)74)49-29-33-67-59(37-49)54-25-13-15-27-65(54)73(67)52-31-35-69-61(41-52)63-43-56(46-19-7-2-8-20-46)57(44-71(63)75-69)47-21-9-3-10-22-47/h1-44H. The molecule has 0 amide bonds. The van der Waals surface area contributed by atoms with Gasteiger partial charge in [0, 0.05) is 60.0 Å². The molecule has 12 aromatic carbocycles. The largest absolute Gasteiger partial charge is 0.456 e. The summed E-state index contributed by atoms with van der Waals surface area (Å²) in [4.78, 5) is 0. The number of hydrogen-bond acceptors (Lipinski definition) is 2. The molecule has 0 saturated carbocycles. The van der Waals surface area contributed by atoms with Crippen LogP contribution in [0.25, 0.3) is 154 Å². The summed E-state index contributed by atoms with van der Waals surface area (Å²) in [6.45, 7) is 0. The Labute approximate surface area is 437 Å². The second kappa shape index (κ2) is 16.7. The van der Waals surface area contributed by atoms with Crippen LogP contribution in [0.2, 0.25) is 0 Å². The molecule has 0 spiro atoms. The average Bonchev–Trinajstić information content (AvgIpc) is 4.31. The van der Waals surface area contributed by atoms with Gasteiger partial charge in [0.05, 0.1) is 22.1 Å². The van der Waals surface area contributed by atoms with Crippen LogP contribution in [0.1, 0.15) is 0 Å². The van der Waals surface area contributed by atoms with Gasteiger partial charge in [-0.2, -0.15) is 0 Å². The first-order chi connectivity index (χ1) is 37.7. The Morgan fingerprint density at radius 3 is 1.18 bits per heavy atom. The van der Waals surface area contributed by atoms with Crippen LogP contribution < -0.4 is 0 Å². The van der Waals surface area contributed by atoms with Crippen molar-refractivity contribution in [3.05, 3.63) is 267 Å². The summed E-state index contributed by atoms with van der Waals surface area (Å²) in [7, 11) is 0. The zero-order valence-corrected chi connectivity index (χ0v) is 41.1. The first-order valence-corrected chi connectivity index (χ1v) is 26.0. The molecule has 0 unspecified atom stereocenters. The van der Waals surface area contributed by atoms with Crippen molar-refractivity contribution < 1.29 is 8.83 Å². The highest BCUT2D eigenvalue weighted by atomic mass is 16.3. The lowest BCUT2D eigenvalue weighted by atomic mass is 9.93. The van der Waals surface area contributed by atoms with Gasteiger partial charge in [-0.05, 0) is 147 Å². The van der Waals surface area contributed by atoms with E-state index >= 15 is 0 Å². The molecule has 76 heavy (non-hydrogen) atoms. The number of benzene rings is 12. The third kappa shape index (κ3) is 6.57. The third-order valence-electron chi connectivity index (χ3n) is 15.7. The predicted octanol–water partition coefficient (Wildman–Crippen LogP) is 20.0. The van der Waals surface area contributed by atoms with E-state index in [0.29, 0.717) is 0 Å². The van der Waals surface area contributed by atoms with Gasteiger partial charge in [-0.15, -0.1) is 0 Å². The summed E-state index contributed by atoms with van der Waals surface area (Å²) in [5.41, 5.74) is 21.9. The fraction of sp³-hybridized carbons (Fsp3) is 0. The second-order valence-corrected chi connectivity index (χ2v) is 20.0. The minimum absolute atomic E-state index is 0.867. The Balaban J connectivity index is 0.820. The van der Waals surface area contributed by atoms with Gasteiger partial charge in [0.25, 0.3) is 0 Å². The quantitative estimate of drug-likeness (QED) is 0.160. The van der Waals surface area contributed by atoms with Crippen molar-refractivity contribution in [2.45, 2.75) is 0 Å². The van der Waals surface area contributed by atoms with Gasteiger partial charge in [-0.25, -0.2) is 0 Å². The predicted molar refractivity (Wildman–Crippen MR) is 317 cm³/mol. The van der Waals surface area contributed by atoms with Gasteiger partial charge in [0.2, 0.25) is 0 Å². The zero-order chi connectivity index (χ0) is 49.8. The summed E-state index contributed by atoms with van der Waals surface area (Å²) in [6, 6.07) is 96.4. The number of hydrogen-bond donors (Lipinski definition) is 0. The molecule has 16 aromatic rings. The van der Waals surface area contributed by atoms with Crippen molar-refractivity contribution >= 4 is 87.5 Å². The SMILES string of the molecule is c1ccc(-c2cc(-c3ccccc3)c3oc4ccc(-n5c6ccccc6c6cc(-c7ccc8c(c7)c7ccccc7n8-c7ccc8oc9cc(-c%10ccccc%10)c(-c%10ccccc%10)cc9c8c7)ccc65)cc4c3c2)cc1. The Morgan fingerprint density at radius 2 is 0.632 bits per heavy atom. The molecule has 0 radical (unpaired) electrons. The highest BCUT2D eigenvalue weighted by molar-refractivity contribution is 6.16. The average molecular weight is 969 g/mol. The molecule has 0 fully saturated rings. The molecule has 0 aliphatic rings. The van der Waals surface area contributed by atoms with Crippen molar-refractivity contribution in [2.24, 2.45) is 0 Å². The van der Waals surface area contributed by atoms with Crippen LogP contribution in [0.4, 0.5) is 0 Å². The fourth-order valence-corrected chi connectivity index (χ4v) is 12.2. The zero-order valence-electron chi connectivity index (χ0n) is 41.1. The molecule has 0 bridgehead atoms. The summed E-state index contributed by atoms with van der Waals surface area (Å²) >= 11 is 0. The molecular formula is C72H44N2O2. The van der Waals surface area contributed by atoms with E-state index in [9.17, 15) is 0 Å². The summed E-state index contributed by atoms with van der Waals surface area (Å²) in [5.74, 6) is 0. The number of fused-ring (bicyclic) bond motifs is 12. The van der Waals surface area contributed by atoms with Crippen LogP contribution in [-0.4, -0.2) is 9.13 Å². The van der Waals surface area contributed by atoms with Crippen LogP contribution in [-0.2, 0) is 0 Å². The maximum atomic E-state index is 6.77. The molecular weight excluding hydrogens is 925 g/mol. The molecule has 0 aliphatic carbocycles. The molecule has 0 atom stereocenters. The van der Waals surface area contributed by atoms with Gasteiger partial charge in [-0.3, -0.25) is 0 Å². The van der Waals surface area contributed by atoms with Crippen LogP contribution in [0.15, 0.2) is 276 Å². The topological polar surface area (TPSA) is 36.1 Å². The molecule has 0 N–H and O–H groups in total. The normalized spacial score (nSPS) is 11.9. The fourth-order valence-electron chi connectivity index (χ4n) is 12.2. The van der Waals surface area contributed by atoms with E-state index in [1.807, 2.05) is 0 Å². The van der Waals surface area contributed by atoms with E-state index in [1.165, 1.54) is 49.4 Å². The van der Waals surface area contributed by atoms with Crippen LogP contribution in [0, 0.1) is 0 Å². The van der Waals surface area contributed by atoms with Crippen LogP contribution in [0.3, 0.4) is 0 Å². The molecule has 4 heteroatoms. The molecule has 4 heterocycles. The van der Waals surface area contributed by atoms with Crippen molar-refractivity contribution in [2.75, 3.05) is 0 Å². The van der Waals surface area contributed by atoms with Crippen molar-refractivity contribution in [3.8, 4) is 67.0 Å². The van der Waals surface area contributed by atoms with E-state index in [2.05, 4.69) is 276 Å². The monoisotopic (exact) mass is 968 g/mol. The van der Waals surface area contributed by atoms with E-state index in [1.54, 1.807) is 0 Å². The van der Waals surface area contributed by atoms with E-state index < -0.39 is 0 Å². The van der Waals surface area contributed by atoms with E-state index in [0.717, 1.165) is 105 Å². The number of para-hydroxylation sites is 2. The minimum atomic E-state index is 0.867. The maximum Gasteiger partial charge on any atom is 0.143 e. The van der Waals surface area contributed by atoms with E-state index in [-0.39, 0.29) is 0 Å². The number of furan rings is 2. The lowest BCUT2D eigenvalue weighted by molar-refractivity contribution is 0.669. The van der Waals surface area contributed by atoms with Crippen molar-refractivity contribution in [1.29, 1.82) is 0 Å². The summed E-state index contributed by atoms with van der Waals surface area (Å²) < 4.78 is 18.2. The highest BCUT2D eigenvalue weighted by Gasteiger charge is 2.21. The highest BCUT2D eigenvalue weighted by Crippen LogP contribution is 2.44. The molecule has 354 valence electrons. The Hall–Kier alpha value is -10.2. The molecule has 16 rings (SSSR count). The van der Waals surface area contributed by atoms with E-state index in [4.69, 9.17) is 8.83 Å².